The Kier molecular flexibility index (Phi) is 7.65. The highest BCUT2D eigenvalue weighted by Crippen LogP contribution is 2.45. The molecule has 2 unspecified atom stereocenters. The third-order valence-corrected chi connectivity index (χ3v) is 5.05. The summed E-state index contributed by atoms with van der Waals surface area (Å²) in [6.45, 7) is 2.00. The molecule has 1 heterocycles. The van der Waals surface area contributed by atoms with Crippen LogP contribution in [0.25, 0.3) is 5.57 Å². The molecule has 1 N–H and O–H groups in total. The molecule has 0 spiro atoms. The van der Waals surface area contributed by atoms with Gasteiger partial charge in [0.1, 0.15) is 6.10 Å². The monoisotopic (exact) mass is 423 g/mol. The largest absolute Gasteiger partial charge is 0.478 e. The third-order valence-electron chi connectivity index (χ3n) is 5.05. The van der Waals surface area contributed by atoms with Crippen LogP contribution in [0.4, 0.5) is 0 Å². The first-order valence-electron chi connectivity index (χ1n) is 10.5. The molecule has 2 aromatic rings. The predicted octanol–water partition coefficient (Wildman–Crippen LogP) is 4.65. The molecule has 0 amide bonds. The van der Waals surface area contributed by atoms with Gasteiger partial charge in [0, 0.05) is 38.0 Å². The van der Waals surface area contributed by atoms with Crippen LogP contribution in [-0.2, 0) is 14.4 Å². The van der Waals surface area contributed by atoms with Crippen molar-refractivity contribution in [3.8, 4) is 0 Å². The van der Waals surface area contributed by atoms with Gasteiger partial charge in [-0.15, -0.1) is 0 Å². The second kappa shape index (κ2) is 10.6. The smallest absolute Gasteiger partial charge is 0.337 e. The molecule has 7 heteroatoms. The van der Waals surface area contributed by atoms with Crippen LogP contribution in [0.15, 0.2) is 60.0 Å². The van der Waals surface area contributed by atoms with Crippen molar-refractivity contribution in [1.29, 1.82) is 0 Å². The van der Waals surface area contributed by atoms with E-state index in [4.69, 9.17) is 9.57 Å². The SMILES string of the molecule is CCC(O/N=C/OC(c1ccccc1/C(=C\N(C)C)C(=O)O)C1CC1)c1ccccn1. The van der Waals surface area contributed by atoms with Crippen LogP contribution in [-0.4, -0.2) is 41.5 Å². The van der Waals surface area contributed by atoms with Gasteiger partial charge in [0.2, 0.25) is 6.40 Å². The summed E-state index contributed by atoms with van der Waals surface area (Å²) >= 11 is 0. The zero-order valence-corrected chi connectivity index (χ0v) is 18.1. The van der Waals surface area contributed by atoms with Gasteiger partial charge in [0.15, 0.2) is 6.10 Å². The molecule has 1 fully saturated rings. The molecular weight excluding hydrogens is 394 g/mol. The maximum atomic E-state index is 11.9. The van der Waals surface area contributed by atoms with Crippen LogP contribution in [0, 0.1) is 5.92 Å². The minimum Gasteiger partial charge on any atom is -0.478 e. The number of pyridine rings is 1. The lowest BCUT2D eigenvalue weighted by Gasteiger charge is -2.20. The summed E-state index contributed by atoms with van der Waals surface area (Å²) in [5, 5.41) is 13.8. The van der Waals surface area contributed by atoms with E-state index in [0.29, 0.717) is 11.5 Å². The van der Waals surface area contributed by atoms with Crippen LogP contribution in [0.1, 0.15) is 55.2 Å². The maximum Gasteiger partial charge on any atom is 0.337 e. The molecule has 7 nitrogen and oxygen atoms in total. The number of aliphatic carboxylic acids is 1. The van der Waals surface area contributed by atoms with Gasteiger partial charge in [-0.05, 0) is 37.0 Å². The average Bonchev–Trinajstić information content (AvgIpc) is 3.60. The van der Waals surface area contributed by atoms with Crippen molar-refractivity contribution in [2.75, 3.05) is 14.1 Å². The van der Waals surface area contributed by atoms with E-state index in [2.05, 4.69) is 10.1 Å². The van der Waals surface area contributed by atoms with Crippen molar-refractivity contribution in [1.82, 2.24) is 9.88 Å². The number of hydrogen-bond acceptors (Lipinski definition) is 6. The zero-order chi connectivity index (χ0) is 22.2. The van der Waals surface area contributed by atoms with Crippen LogP contribution in [0.3, 0.4) is 0 Å². The highest BCUT2D eigenvalue weighted by Gasteiger charge is 2.35. The highest BCUT2D eigenvalue weighted by molar-refractivity contribution is 6.15. The van der Waals surface area contributed by atoms with E-state index in [-0.39, 0.29) is 17.8 Å². The number of carbonyl (C=O) groups is 1. The summed E-state index contributed by atoms with van der Waals surface area (Å²) in [5.41, 5.74) is 2.52. The van der Waals surface area contributed by atoms with Crippen molar-refractivity contribution >= 4 is 17.9 Å². The Balaban J connectivity index is 1.78. The third kappa shape index (κ3) is 6.07. The van der Waals surface area contributed by atoms with Crippen molar-refractivity contribution in [3.05, 3.63) is 71.7 Å². The molecule has 0 radical (unpaired) electrons. The number of nitrogens with zero attached hydrogens (tertiary/aromatic N) is 3. The Hall–Kier alpha value is -3.35. The van der Waals surface area contributed by atoms with Crippen molar-refractivity contribution < 1.29 is 19.5 Å². The van der Waals surface area contributed by atoms with E-state index in [9.17, 15) is 9.90 Å². The fraction of sp³-hybridized carbons (Fsp3) is 0.375. The molecule has 1 saturated carbocycles. The van der Waals surface area contributed by atoms with Gasteiger partial charge in [0.25, 0.3) is 0 Å². The molecule has 31 heavy (non-hydrogen) atoms. The summed E-state index contributed by atoms with van der Waals surface area (Å²) in [6, 6.07) is 13.1. The molecular formula is C24H29N3O4. The van der Waals surface area contributed by atoms with Gasteiger partial charge in [-0.3, -0.25) is 4.98 Å². The first kappa shape index (κ1) is 22.3. The number of carboxylic acids is 1. The quantitative estimate of drug-likeness (QED) is 0.245. The van der Waals surface area contributed by atoms with E-state index in [0.717, 1.165) is 30.5 Å². The van der Waals surface area contributed by atoms with Crippen molar-refractivity contribution in [3.63, 3.8) is 0 Å². The van der Waals surface area contributed by atoms with Crippen LogP contribution in [0.5, 0.6) is 0 Å². The number of ether oxygens (including phenoxy) is 1. The van der Waals surface area contributed by atoms with Gasteiger partial charge >= 0.3 is 5.97 Å². The number of oxime groups is 1. The van der Waals surface area contributed by atoms with Gasteiger partial charge in [-0.2, -0.15) is 0 Å². The Labute approximate surface area is 183 Å². The Bertz CT molecular complexity index is 923. The van der Waals surface area contributed by atoms with Crippen molar-refractivity contribution in [2.45, 2.75) is 38.4 Å². The summed E-state index contributed by atoms with van der Waals surface area (Å²) in [4.78, 5) is 23.6. The molecule has 1 aliphatic carbocycles. The van der Waals surface area contributed by atoms with E-state index in [1.807, 2.05) is 49.4 Å². The fourth-order valence-electron chi connectivity index (χ4n) is 3.42. The van der Waals surface area contributed by atoms with Gasteiger partial charge in [-0.25, -0.2) is 4.79 Å². The number of rotatable bonds is 11. The van der Waals surface area contributed by atoms with Gasteiger partial charge < -0.3 is 19.6 Å². The van der Waals surface area contributed by atoms with E-state index < -0.39 is 5.97 Å². The van der Waals surface area contributed by atoms with Crippen molar-refractivity contribution in [2.24, 2.45) is 11.1 Å². The molecule has 1 aliphatic rings. The standard InChI is InChI=1S/C24H29N3O4/c1-4-22(21-11-7-8-14-25-21)31-26-16-30-23(17-12-13-17)19-10-6-5-9-18(19)20(24(28)29)15-27(2)3/h5-11,14-17,22-23H,4,12-13H2,1-3H3,(H,28,29)/b20-15+,26-16+. The first-order valence-corrected chi connectivity index (χ1v) is 10.5. The maximum absolute atomic E-state index is 11.9. The Morgan fingerprint density at radius 2 is 2.00 bits per heavy atom. The summed E-state index contributed by atoms with van der Waals surface area (Å²) in [5.74, 6) is -0.659. The average molecular weight is 424 g/mol. The lowest BCUT2D eigenvalue weighted by Crippen LogP contribution is -2.13. The summed E-state index contributed by atoms with van der Waals surface area (Å²) in [7, 11) is 3.60. The molecule has 2 atom stereocenters. The lowest BCUT2D eigenvalue weighted by molar-refractivity contribution is -0.130. The zero-order valence-electron chi connectivity index (χ0n) is 18.1. The van der Waals surface area contributed by atoms with Gasteiger partial charge in [0.05, 0.1) is 11.3 Å². The molecule has 1 aromatic carbocycles. The molecule has 0 bridgehead atoms. The predicted molar refractivity (Wildman–Crippen MR) is 119 cm³/mol. The van der Waals surface area contributed by atoms with E-state index in [1.165, 1.54) is 6.40 Å². The van der Waals surface area contributed by atoms with Crippen LogP contribution < -0.4 is 0 Å². The van der Waals surface area contributed by atoms with Gasteiger partial charge in [-0.1, -0.05) is 42.4 Å². The van der Waals surface area contributed by atoms with Crippen LogP contribution >= 0.6 is 0 Å². The minimum absolute atomic E-state index is 0.226. The molecule has 0 aliphatic heterocycles. The first-order chi connectivity index (χ1) is 15.0. The number of aromatic nitrogens is 1. The summed E-state index contributed by atoms with van der Waals surface area (Å²) in [6.07, 6.45) is 6.89. The molecule has 1 aromatic heterocycles. The Morgan fingerprint density at radius 1 is 1.26 bits per heavy atom. The number of hydrogen-bond donors (Lipinski definition) is 1. The van der Waals surface area contributed by atoms with Crippen LogP contribution in [0.2, 0.25) is 0 Å². The van der Waals surface area contributed by atoms with E-state index >= 15 is 0 Å². The normalized spacial score (nSPS) is 16.0. The highest BCUT2D eigenvalue weighted by atomic mass is 16.7. The number of carboxylic acid groups (broad SMARTS) is 1. The minimum atomic E-state index is -0.978. The molecule has 164 valence electrons. The summed E-state index contributed by atoms with van der Waals surface area (Å²) < 4.78 is 5.99. The Morgan fingerprint density at radius 3 is 2.61 bits per heavy atom. The molecule has 0 saturated heterocycles. The fourth-order valence-corrected chi connectivity index (χ4v) is 3.42. The second-order valence-electron chi connectivity index (χ2n) is 7.76. The topological polar surface area (TPSA) is 84.2 Å². The number of benzene rings is 1. The van der Waals surface area contributed by atoms with E-state index in [1.54, 1.807) is 31.4 Å². The molecule has 3 rings (SSSR count). The second-order valence-corrected chi connectivity index (χ2v) is 7.76. The lowest BCUT2D eigenvalue weighted by atomic mass is 9.94.